The van der Waals surface area contributed by atoms with Crippen molar-refractivity contribution in [3.05, 3.63) is 88.7 Å². The van der Waals surface area contributed by atoms with Crippen molar-refractivity contribution in [2.75, 3.05) is 0 Å². The number of aromatic nitrogens is 2. The molecule has 0 unspecified atom stereocenters. The van der Waals surface area contributed by atoms with E-state index in [-0.39, 0.29) is 11.7 Å². The van der Waals surface area contributed by atoms with Gasteiger partial charge in [-0.1, -0.05) is 54.1 Å². The number of benzene rings is 2. The molecular formula is C21H18ClN3O2. The number of aryl methyl sites for hydroxylation is 2. The molecule has 4 rings (SSSR count). The Morgan fingerprint density at radius 1 is 1.19 bits per heavy atom. The molecule has 1 N–H and O–H groups in total. The van der Waals surface area contributed by atoms with Gasteiger partial charge in [-0.05, 0) is 18.6 Å². The fourth-order valence-electron chi connectivity index (χ4n) is 3.22. The van der Waals surface area contributed by atoms with Crippen LogP contribution in [0.4, 0.5) is 0 Å². The van der Waals surface area contributed by atoms with Gasteiger partial charge in [-0.15, -0.1) is 0 Å². The number of rotatable bonds is 4. The second-order valence-corrected chi connectivity index (χ2v) is 6.79. The van der Waals surface area contributed by atoms with Gasteiger partial charge in [0.15, 0.2) is 11.3 Å². The van der Waals surface area contributed by atoms with E-state index < -0.39 is 6.04 Å². The lowest BCUT2D eigenvalue weighted by molar-refractivity contribution is 0.0914. The number of carbonyl (C=O) groups excluding carboxylic acids is 1. The molecule has 4 aromatic rings. The lowest BCUT2D eigenvalue weighted by Crippen LogP contribution is -2.31. The summed E-state index contributed by atoms with van der Waals surface area (Å²) in [5.41, 5.74) is 2.22. The standard InChI is InChI=1S/C21H18ClN3O2/c1-13-15-9-6-10-16(22)19(15)27-18(13)21(26)24-17(14-7-4-3-5-8-14)20-23-11-12-25(20)2/h3-12,17H,1-2H3,(H,24,26)/t17-/m0/s1. The van der Waals surface area contributed by atoms with Gasteiger partial charge in [0.25, 0.3) is 5.91 Å². The van der Waals surface area contributed by atoms with Crippen molar-refractivity contribution < 1.29 is 9.21 Å². The third kappa shape index (κ3) is 3.11. The van der Waals surface area contributed by atoms with Crippen LogP contribution < -0.4 is 5.32 Å². The van der Waals surface area contributed by atoms with Gasteiger partial charge < -0.3 is 14.3 Å². The van der Waals surface area contributed by atoms with Crippen LogP contribution >= 0.6 is 11.6 Å². The number of hydrogen-bond acceptors (Lipinski definition) is 3. The van der Waals surface area contributed by atoms with Gasteiger partial charge in [-0.2, -0.15) is 0 Å². The number of hydrogen-bond donors (Lipinski definition) is 1. The SMILES string of the molecule is Cc1c(C(=O)N[C@@H](c2ccccc2)c2nccn2C)oc2c(Cl)cccc12. The molecule has 1 amide bonds. The molecule has 5 nitrogen and oxygen atoms in total. The summed E-state index contributed by atoms with van der Waals surface area (Å²) in [4.78, 5) is 17.5. The normalized spacial score (nSPS) is 12.3. The minimum absolute atomic E-state index is 0.258. The lowest BCUT2D eigenvalue weighted by Gasteiger charge is -2.18. The molecule has 0 bridgehead atoms. The zero-order valence-electron chi connectivity index (χ0n) is 14.9. The molecule has 2 heterocycles. The zero-order chi connectivity index (χ0) is 19.0. The number of amides is 1. The van der Waals surface area contributed by atoms with Crippen molar-refractivity contribution in [3.63, 3.8) is 0 Å². The second-order valence-electron chi connectivity index (χ2n) is 6.39. The maximum absolute atomic E-state index is 13.1. The number of nitrogens with one attached hydrogen (secondary N) is 1. The highest BCUT2D eigenvalue weighted by molar-refractivity contribution is 6.35. The van der Waals surface area contributed by atoms with E-state index in [2.05, 4.69) is 10.3 Å². The summed E-state index contributed by atoms with van der Waals surface area (Å²) in [7, 11) is 1.90. The molecule has 27 heavy (non-hydrogen) atoms. The number of halogens is 1. The Morgan fingerprint density at radius 3 is 2.63 bits per heavy atom. The number of furan rings is 1. The van der Waals surface area contributed by atoms with E-state index in [9.17, 15) is 4.79 Å². The summed E-state index contributed by atoms with van der Waals surface area (Å²) in [6.07, 6.45) is 3.56. The number of nitrogens with zero attached hydrogens (tertiary/aromatic N) is 2. The molecule has 0 aliphatic carbocycles. The molecule has 0 spiro atoms. The Kier molecular flexibility index (Phi) is 4.46. The first kappa shape index (κ1) is 17.4. The quantitative estimate of drug-likeness (QED) is 0.561. The van der Waals surface area contributed by atoms with E-state index in [1.165, 1.54) is 0 Å². The second kappa shape index (κ2) is 6.93. The third-order valence-electron chi connectivity index (χ3n) is 4.65. The number of carbonyl (C=O) groups is 1. The van der Waals surface area contributed by atoms with E-state index in [4.69, 9.17) is 16.0 Å². The zero-order valence-corrected chi connectivity index (χ0v) is 15.7. The molecule has 0 saturated heterocycles. The molecule has 0 radical (unpaired) electrons. The van der Waals surface area contributed by atoms with E-state index in [0.717, 1.165) is 22.3 Å². The molecule has 2 aromatic carbocycles. The van der Waals surface area contributed by atoms with Crippen molar-refractivity contribution >= 4 is 28.5 Å². The summed E-state index contributed by atoms with van der Waals surface area (Å²) in [5, 5.41) is 4.37. The van der Waals surface area contributed by atoms with Crippen LogP contribution in [0, 0.1) is 6.92 Å². The molecule has 136 valence electrons. The van der Waals surface area contributed by atoms with Crippen LogP contribution in [-0.4, -0.2) is 15.5 Å². The first-order chi connectivity index (χ1) is 13.1. The van der Waals surface area contributed by atoms with Crippen molar-refractivity contribution in [1.29, 1.82) is 0 Å². The van der Waals surface area contributed by atoms with Gasteiger partial charge in [-0.25, -0.2) is 4.98 Å². The molecule has 2 aromatic heterocycles. The van der Waals surface area contributed by atoms with Crippen LogP contribution in [0.15, 0.2) is 65.3 Å². The molecule has 0 aliphatic heterocycles. The van der Waals surface area contributed by atoms with Gasteiger partial charge in [0.2, 0.25) is 0 Å². The van der Waals surface area contributed by atoms with Gasteiger partial charge in [0.1, 0.15) is 11.9 Å². The fourth-order valence-corrected chi connectivity index (χ4v) is 3.43. The molecular weight excluding hydrogens is 362 g/mol. The van der Waals surface area contributed by atoms with Crippen molar-refractivity contribution in [2.24, 2.45) is 7.05 Å². The van der Waals surface area contributed by atoms with Crippen molar-refractivity contribution in [3.8, 4) is 0 Å². The summed E-state index contributed by atoms with van der Waals surface area (Å²) >= 11 is 6.21. The van der Waals surface area contributed by atoms with Crippen LogP contribution in [0.2, 0.25) is 5.02 Å². The summed E-state index contributed by atoms with van der Waals surface area (Å²) in [6.45, 7) is 1.86. The summed E-state index contributed by atoms with van der Waals surface area (Å²) in [6, 6.07) is 14.8. The third-order valence-corrected chi connectivity index (χ3v) is 4.94. The van der Waals surface area contributed by atoms with Crippen LogP contribution in [0.25, 0.3) is 11.0 Å². The van der Waals surface area contributed by atoms with Crippen LogP contribution in [0.3, 0.4) is 0 Å². The monoisotopic (exact) mass is 379 g/mol. The van der Waals surface area contributed by atoms with Gasteiger partial charge in [0.05, 0.1) is 5.02 Å². The van der Waals surface area contributed by atoms with E-state index in [1.54, 1.807) is 12.3 Å². The van der Waals surface area contributed by atoms with Gasteiger partial charge in [-0.3, -0.25) is 4.79 Å². The Labute approximate surface area is 161 Å². The number of fused-ring (bicyclic) bond motifs is 1. The maximum atomic E-state index is 13.1. The molecule has 0 aliphatic rings. The average molecular weight is 380 g/mol. The Hall–Kier alpha value is -3.05. The van der Waals surface area contributed by atoms with Crippen LogP contribution in [-0.2, 0) is 7.05 Å². The first-order valence-electron chi connectivity index (χ1n) is 8.57. The number of para-hydroxylation sites is 1. The predicted molar refractivity (Wildman–Crippen MR) is 105 cm³/mol. The van der Waals surface area contributed by atoms with Crippen molar-refractivity contribution in [1.82, 2.24) is 14.9 Å². The minimum atomic E-state index is -0.401. The lowest BCUT2D eigenvalue weighted by atomic mass is 10.1. The Bertz CT molecular complexity index is 1120. The van der Waals surface area contributed by atoms with Crippen LogP contribution in [0.5, 0.6) is 0 Å². The average Bonchev–Trinajstić information content (AvgIpc) is 3.25. The first-order valence-corrected chi connectivity index (χ1v) is 8.94. The van der Waals surface area contributed by atoms with E-state index in [0.29, 0.717) is 10.6 Å². The topological polar surface area (TPSA) is 60.1 Å². The van der Waals surface area contributed by atoms with E-state index >= 15 is 0 Å². The molecule has 0 fully saturated rings. The smallest absolute Gasteiger partial charge is 0.288 e. The summed E-state index contributed by atoms with van der Waals surface area (Å²) in [5.74, 6) is 0.686. The molecule has 6 heteroatoms. The van der Waals surface area contributed by atoms with Gasteiger partial charge >= 0.3 is 0 Å². The summed E-state index contributed by atoms with van der Waals surface area (Å²) < 4.78 is 7.69. The van der Waals surface area contributed by atoms with E-state index in [1.807, 2.05) is 67.2 Å². The van der Waals surface area contributed by atoms with Crippen molar-refractivity contribution in [2.45, 2.75) is 13.0 Å². The maximum Gasteiger partial charge on any atom is 0.288 e. The fraction of sp³-hybridized carbons (Fsp3) is 0.143. The predicted octanol–water partition coefficient (Wildman–Crippen LogP) is 4.65. The van der Waals surface area contributed by atoms with Crippen LogP contribution in [0.1, 0.15) is 33.5 Å². The van der Waals surface area contributed by atoms with Gasteiger partial charge in [0, 0.05) is 30.4 Å². The number of imidazole rings is 1. The molecule has 0 saturated carbocycles. The highest BCUT2D eigenvalue weighted by Crippen LogP contribution is 2.31. The minimum Gasteiger partial charge on any atom is -0.449 e. The highest BCUT2D eigenvalue weighted by Gasteiger charge is 2.25. The Morgan fingerprint density at radius 2 is 1.96 bits per heavy atom. The molecule has 1 atom stereocenters. The Balaban J connectivity index is 1.74. The largest absolute Gasteiger partial charge is 0.449 e. The highest BCUT2D eigenvalue weighted by atomic mass is 35.5.